The molecule has 3 heterocycles. The van der Waals surface area contributed by atoms with Crippen molar-refractivity contribution in [2.75, 3.05) is 19.0 Å². The number of fused-ring (bicyclic) bond motifs is 1. The van der Waals surface area contributed by atoms with E-state index >= 15 is 0 Å². The third-order valence-corrected chi connectivity index (χ3v) is 4.57. The van der Waals surface area contributed by atoms with Crippen molar-refractivity contribution in [1.82, 2.24) is 19.5 Å². The van der Waals surface area contributed by atoms with Crippen LogP contribution in [-0.4, -0.2) is 33.2 Å². The number of benzene rings is 1. The van der Waals surface area contributed by atoms with Gasteiger partial charge in [-0.2, -0.15) is 0 Å². The molecule has 0 bridgehead atoms. The normalized spacial score (nSPS) is 17.6. The predicted molar refractivity (Wildman–Crippen MR) is 98.1 cm³/mol. The summed E-state index contributed by atoms with van der Waals surface area (Å²) in [4.78, 5) is 13.5. The third kappa shape index (κ3) is 3.32. The van der Waals surface area contributed by atoms with Crippen LogP contribution in [0, 0.1) is 0 Å². The van der Waals surface area contributed by atoms with Crippen molar-refractivity contribution >= 4 is 38.6 Å². The Kier molecular flexibility index (Phi) is 4.54. The number of methoxy groups -OCH3 is 1. The molecule has 1 unspecified atom stereocenters. The summed E-state index contributed by atoms with van der Waals surface area (Å²) in [5.41, 5.74) is 2.37. The van der Waals surface area contributed by atoms with E-state index in [-0.39, 0.29) is 6.23 Å². The van der Waals surface area contributed by atoms with Gasteiger partial charge in [-0.1, -0.05) is 0 Å². The molecule has 1 aliphatic rings. The van der Waals surface area contributed by atoms with Gasteiger partial charge in [0.2, 0.25) is 4.73 Å². The lowest BCUT2D eigenvalue weighted by atomic mass is 10.2. The van der Waals surface area contributed by atoms with E-state index in [0.29, 0.717) is 16.1 Å². The Bertz CT molecular complexity index is 875. The number of ether oxygens (including phenoxy) is 2. The van der Waals surface area contributed by atoms with Crippen LogP contribution in [0.2, 0.25) is 0 Å². The minimum atomic E-state index is -0.0191. The van der Waals surface area contributed by atoms with Crippen molar-refractivity contribution in [2.24, 2.45) is 0 Å². The first-order valence-corrected chi connectivity index (χ1v) is 8.96. The fourth-order valence-electron chi connectivity index (χ4n) is 2.94. The summed E-state index contributed by atoms with van der Waals surface area (Å²) < 4.78 is 13.5. The van der Waals surface area contributed by atoms with Crippen LogP contribution in [0.1, 0.15) is 25.5 Å². The van der Waals surface area contributed by atoms with Crippen LogP contribution >= 0.6 is 15.9 Å². The monoisotopic (exact) mass is 403 g/mol. The summed E-state index contributed by atoms with van der Waals surface area (Å²) in [5, 5.41) is 3.30. The average molecular weight is 404 g/mol. The maximum atomic E-state index is 5.87. The van der Waals surface area contributed by atoms with Gasteiger partial charge >= 0.3 is 0 Å². The second-order valence-electron chi connectivity index (χ2n) is 5.84. The van der Waals surface area contributed by atoms with E-state index in [2.05, 4.69) is 36.2 Å². The standard InChI is InChI=1S/C17H18BrN5O2/c1-24-12-7-5-11(6-8-12)20-15-14-16(22-17(18)21-15)23(10-19-14)13-4-2-3-9-25-13/h5-8,10,13H,2-4,9H2,1H3,(H,20,21,22). The van der Waals surface area contributed by atoms with Gasteiger partial charge in [0, 0.05) is 12.3 Å². The highest BCUT2D eigenvalue weighted by molar-refractivity contribution is 9.10. The van der Waals surface area contributed by atoms with Crippen molar-refractivity contribution in [2.45, 2.75) is 25.5 Å². The Morgan fingerprint density at radius 3 is 2.80 bits per heavy atom. The Balaban J connectivity index is 1.69. The molecule has 0 saturated carbocycles. The van der Waals surface area contributed by atoms with Gasteiger partial charge in [0.1, 0.15) is 12.0 Å². The number of hydrogen-bond acceptors (Lipinski definition) is 6. The van der Waals surface area contributed by atoms with Crippen molar-refractivity contribution in [3.63, 3.8) is 0 Å². The molecule has 3 aromatic rings. The lowest BCUT2D eigenvalue weighted by Gasteiger charge is -2.23. The molecule has 0 radical (unpaired) electrons. The zero-order valence-corrected chi connectivity index (χ0v) is 15.4. The molecule has 130 valence electrons. The molecule has 4 rings (SSSR count). The van der Waals surface area contributed by atoms with Gasteiger partial charge in [-0.15, -0.1) is 0 Å². The molecule has 0 spiro atoms. The van der Waals surface area contributed by atoms with Crippen LogP contribution in [-0.2, 0) is 4.74 Å². The fourth-order valence-corrected chi connectivity index (χ4v) is 3.29. The zero-order valence-electron chi connectivity index (χ0n) is 13.8. The summed E-state index contributed by atoms with van der Waals surface area (Å²) >= 11 is 3.40. The minimum absolute atomic E-state index is 0.0191. The maximum Gasteiger partial charge on any atom is 0.200 e. The van der Waals surface area contributed by atoms with E-state index < -0.39 is 0 Å². The van der Waals surface area contributed by atoms with Gasteiger partial charge in [0.05, 0.1) is 13.4 Å². The average Bonchev–Trinajstić information content (AvgIpc) is 3.07. The van der Waals surface area contributed by atoms with E-state index in [9.17, 15) is 0 Å². The second kappa shape index (κ2) is 6.97. The van der Waals surface area contributed by atoms with Crippen molar-refractivity contribution in [3.8, 4) is 5.75 Å². The first-order valence-electron chi connectivity index (χ1n) is 8.17. The fraction of sp³-hybridized carbons (Fsp3) is 0.353. The first kappa shape index (κ1) is 16.3. The van der Waals surface area contributed by atoms with Crippen molar-refractivity contribution < 1.29 is 9.47 Å². The quantitative estimate of drug-likeness (QED) is 0.662. The smallest absolute Gasteiger partial charge is 0.200 e. The van der Waals surface area contributed by atoms with Crippen molar-refractivity contribution in [3.05, 3.63) is 35.3 Å². The van der Waals surface area contributed by atoms with E-state index in [1.807, 2.05) is 28.8 Å². The van der Waals surface area contributed by atoms with Crippen LogP contribution < -0.4 is 10.1 Å². The van der Waals surface area contributed by atoms with E-state index in [4.69, 9.17) is 9.47 Å². The lowest BCUT2D eigenvalue weighted by molar-refractivity contribution is -0.0298. The van der Waals surface area contributed by atoms with Gasteiger partial charge < -0.3 is 14.8 Å². The van der Waals surface area contributed by atoms with Gasteiger partial charge in [0.25, 0.3) is 0 Å². The van der Waals surface area contributed by atoms with Gasteiger partial charge in [-0.3, -0.25) is 4.57 Å². The maximum absolute atomic E-state index is 5.87. The SMILES string of the molecule is COc1ccc(Nc2nc(Br)nc3c2ncn3C2CCCCO2)cc1. The van der Waals surface area contributed by atoms with Gasteiger partial charge in [-0.25, -0.2) is 15.0 Å². The summed E-state index contributed by atoms with van der Waals surface area (Å²) in [7, 11) is 1.65. The molecule has 2 aromatic heterocycles. The number of aromatic nitrogens is 4. The van der Waals surface area contributed by atoms with Gasteiger partial charge in [-0.05, 0) is 59.5 Å². The van der Waals surface area contributed by atoms with E-state index in [1.54, 1.807) is 13.4 Å². The number of nitrogens with zero attached hydrogens (tertiary/aromatic N) is 4. The van der Waals surface area contributed by atoms with E-state index in [1.165, 1.54) is 0 Å². The molecule has 0 amide bonds. The van der Waals surface area contributed by atoms with Crippen LogP contribution in [0.15, 0.2) is 35.3 Å². The van der Waals surface area contributed by atoms with Crippen LogP contribution in [0.3, 0.4) is 0 Å². The zero-order chi connectivity index (χ0) is 17.2. The Hall–Kier alpha value is -2.19. The molecule has 1 N–H and O–H groups in total. The summed E-state index contributed by atoms with van der Waals surface area (Å²) in [6, 6.07) is 7.65. The second-order valence-corrected chi connectivity index (χ2v) is 6.55. The molecule has 7 nitrogen and oxygen atoms in total. The number of halogens is 1. The highest BCUT2D eigenvalue weighted by Gasteiger charge is 2.21. The minimum Gasteiger partial charge on any atom is -0.497 e. The Morgan fingerprint density at radius 2 is 2.08 bits per heavy atom. The van der Waals surface area contributed by atoms with Gasteiger partial charge in [0.15, 0.2) is 17.0 Å². The topological polar surface area (TPSA) is 74.1 Å². The molecule has 0 aliphatic carbocycles. The summed E-state index contributed by atoms with van der Waals surface area (Å²) in [5.74, 6) is 1.45. The largest absolute Gasteiger partial charge is 0.497 e. The van der Waals surface area contributed by atoms with Crippen LogP contribution in [0.4, 0.5) is 11.5 Å². The molecular weight excluding hydrogens is 386 g/mol. The number of hydrogen-bond donors (Lipinski definition) is 1. The first-order chi connectivity index (χ1) is 12.2. The molecule has 1 atom stereocenters. The molecule has 8 heteroatoms. The van der Waals surface area contributed by atoms with Crippen molar-refractivity contribution in [1.29, 1.82) is 0 Å². The highest BCUT2D eigenvalue weighted by atomic mass is 79.9. The molecule has 1 aliphatic heterocycles. The molecule has 1 aromatic carbocycles. The van der Waals surface area contributed by atoms with E-state index in [0.717, 1.165) is 43.0 Å². The number of rotatable bonds is 4. The summed E-state index contributed by atoms with van der Waals surface area (Å²) in [6.45, 7) is 0.771. The number of nitrogens with one attached hydrogen (secondary N) is 1. The lowest BCUT2D eigenvalue weighted by Crippen LogP contribution is -2.17. The predicted octanol–water partition coefficient (Wildman–Crippen LogP) is 4.04. The number of imidazole rings is 1. The summed E-state index contributed by atoms with van der Waals surface area (Å²) in [6.07, 6.45) is 4.98. The molecule has 25 heavy (non-hydrogen) atoms. The Labute approximate surface area is 153 Å². The molecule has 1 fully saturated rings. The number of anilines is 2. The third-order valence-electron chi connectivity index (χ3n) is 4.21. The molecule has 1 saturated heterocycles. The van der Waals surface area contributed by atoms with Crippen LogP contribution in [0.25, 0.3) is 11.2 Å². The Morgan fingerprint density at radius 1 is 1.24 bits per heavy atom. The van der Waals surface area contributed by atoms with Crippen LogP contribution in [0.5, 0.6) is 5.75 Å². The molecular formula is C17H18BrN5O2. The highest BCUT2D eigenvalue weighted by Crippen LogP contribution is 2.30.